The second-order valence-corrected chi connectivity index (χ2v) is 5.09. The van der Waals surface area contributed by atoms with Crippen molar-refractivity contribution >= 4 is 33.2 Å². The number of hydrogen-bond acceptors (Lipinski definition) is 2. The molecule has 0 bridgehead atoms. The summed E-state index contributed by atoms with van der Waals surface area (Å²) in [7, 11) is 0. The summed E-state index contributed by atoms with van der Waals surface area (Å²) < 4.78 is 15.6. The Morgan fingerprint density at radius 2 is 2.11 bits per heavy atom. The number of aromatic nitrogens is 1. The summed E-state index contributed by atoms with van der Waals surface area (Å²) in [5.74, 6) is -0.393. The fourth-order valence-corrected chi connectivity index (χ4v) is 2.21. The Morgan fingerprint density at radius 1 is 1.39 bits per heavy atom. The summed E-state index contributed by atoms with van der Waals surface area (Å²) in [6.07, 6.45) is 3.04. The van der Waals surface area contributed by atoms with E-state index in [1.165, 1.54) is 12.3 Å². The van der Waals surface area contributed by atoms with Gasteiger partial charge in [0.15, 0.2) is 0 Å². The van der Waals surface area contributed by atoms with E-state index in [1.807, 2.05) is 0 Å². The molecule has 2 rings (SSSR count). The van der Waals surface area contributed by atoms with Crippen molar-refractivity contribution < 1.29 is 4.39 Å². The van der Waals surface area contributed by atoms with Gasteiger partial charge in [0.25, 0.3) is 0 Å². The standard InChI is InChI=1S/C12H9BrClFN2O/c13-9-5-17(6-11(16)12(9)18)4-7-1-2-8(14)3-10(7)15/h1-3,5-6H,4,16H2. The van der Waals surface area contributed by atoms with Crippen LogP contribution in [0.25, 0.3) is 0 Å². The Labute approximate surface area is 116 Å². The van der Waals surface area contributed by atoms with Crippen LogP contribution in [0.3, 0.4) is 0 Å². The first-order valence-corrected chi connectivity index (χ1v) is 6.23. The van der Waals surface area contributed by atoms with Crippen LogP contribution in [0.5, 0.6) is 0 Å². The van der Waals surface area contributed by atoms with E-state index >= 15 is 0 Å². The molecule has 1 aromatic carbocycles. The topological polar surface area (TPSA) is 48.0 Å². The summed E-state index contributed by atoms with van der Waals surface area (Å²) in [6, 6.07) is 4.46. The molecule has 0 amide bonds. The molecular weight excluding hydrogens is 322 g/mol. The molecule has 3 nitrogen and oxygen atoms in total. The molecule has 0 atom stereocenters. The molecule has 1 aromatic heterocycles. The highest BCUT2D eigenvalue weighted by Crippen LogP contribution is 2.16. The lowest BCUT2D eigenvalue weighted by Crippen LogP contribution is -2.14. The van der Waals surface area contributed by atoms with Crippen LogP contribution in [-0.4, -0.2) is 4.57 Å². The Morgan fingerprint density at radius 3 is 2.72 bits per heavy atom. The Kier molecular flexibility index (Phi) is 3.73. The van der Waals surface area contributed by atoms with Gasteiger partial charge in [-0.25, -0.2) is 4.39 Å². The molecule has 6 heteroatoms. The molecular formula is C12H9BrClFN2O. The maximum atomic E-state index is 13.6. The van der Waals surface area contributed by atoms with E-state index in [0.717, 1.165) is 0 Å². The number of pyridine rings is 1. The van der Waals surface area contributed by atoms with Crippen LogP contribution < -0.4 is 11.2 Å². The third-order valence-corrected chi connectivity index (χ3v) is 3.23. The number of rotatable bonds is 2. The number of halogens is 3. The highest BCUT2D eigenvalue weighted by molar-refractivity contribution is 9.10. The van der Waals surface area contributed by atoms with Gasteiger partial charge in [0.1, 0.15) is 5.82 Å². The smallest absolute Gasteiger partial charge is 0.218 e. The van der Waals surface area contributed by atoms with Crippen molar-refractivity contribution in [2.45, 2.75) is 6.54 Å². The normalized spacial score (nSPS) is 10.6. The summed E-state index contributed by atoms with van der Waals surface area (Å²) >= 11 is 8.79. The van der Waals surface area contributed by atoms with Crippen molar-refractivity contribution in [2.75, 3.05) is 5.73 Å². The van der Waals surface area contributed by atoms with Crippen molar-refractivity contribution in [1.29, 1.82) is 0 Å². The monoisotopic (exact) mass is 330 g/mol. The van der Waals surface area contributed by atoms with Crippen LogP contribution in [0.4, 0.5) is 10.1 Å². The van der Waals surface area contributed by atoms with Crippen LogP contribution in [0.2, 0.25) is 5.02 Å². The quantitative estimate of drug-likeness (QED) is 0.919. The SMILES string of the molecule is Nc1cn(Cc2ccc(Cl)cc2F)cc(Br)c1=O. The maximum Gasteiger partial charge on any atom is 0.218 e. The number of nitrogens with zero attached hydrogens (tertiary/aromatic N) is 1. The van der Waals surface area contributed by atoms with E-state index < -0.39 is 5.82 Å². The van der Waals surface area contributed by atoms with Gasteiger partial charge < -0.3 is 10.3 Å². The molecule has 2 N–H and O–H groups in total. The van der Waals surface area contributed by atoms with E-state index in [2.05, 4.69) is 15.9 Å². The maximum absolute atomic E-state index is 13.6. The second-order valence-electron chi connectivity index (χ2n) is 3.80. The van der Waals surface area contributed by atoms with Gasteiger partial charge in [0, 0.05) is 23.0 Å². The first kappa shape index (κ1) is 13.1. The zero-order valence-corrected chi connectivity index (χ0v) is 11.5. The van der Waals surface area contributed by atoms with Gasteiger partial charge >= 0.3 is 0 Å². The summed E-state index contributed by atoms with van der Waals surface area (Å²) in [5.41, 5.74) is 5.86. The molecule has 0 fully saturated rings. The van der Waals surface area contributed by atoms with Crippen LogP contribution in [0.1, 0.15) is 5.56 Å². The van der Waals surface area contributed by atoms with Gasteiger partial charge in [-0.2, -0.15) is 0 Å². The lowest BCUT2D eigenvalue weighted by atomic mass is 10.2. The van der Waals surface area contributed by atoms with E-state index in [9.17, 15) is 9.18 Å². The molecule has 0 unspecified atom stereocenters. The summed E-state index contributed by atoms with van der Waals surface area (Å²) in [4.78, 5) is 11.4. The lowest BCUT2D eigenvalue weighted by molar-refractivity contribution is 0.599. The van der Waals surface area contributed by atoms with E-state index in [1.54, 1.807) is 22.9 Å². The largest absolute Gasteiger partial charge is 0.394 e. The van der Waals surface area contributed by atoms with E-state index in [4.69, 9.17) is 17.3 Å². The molecule has 0 saturated carbocycles. The zero-order chi connectivity index (χ0) is 13.3. The van der Waals surface area contributed by atoms with Crippen molar-refractivity contribution in [3.8, 4) is 0 Å². The fourth-order valence-electron chi connectivity index (χ4n) is 1.55. The molecule has 0 radical (unpaired) electrons. The molecule has 94 valence electrons. The zero-order valence-electron chi connectivity index (χ0n) is 9.16. The predicted molar refractivity (Wildman–Crippen MR) is 73.3 cm³/mol. The average molecular weight is 332 g/mol. The van der Waals surface area contributed by atoms with Crippen LogP contribution in [0.15, 0.2) is 39.9 Å². The van der Waals surface area contributed by atoms with E-state index in [0.29, 0.717) is 15.1 Å². The average Bonchev–Trinajstić information content (AvgIpc) is 2.29. The molecule has 0 aliphatic carbocycles. The molecule has 0 spiro atoms. The van der Waals surface area contributed by atoms with E-state index in [-0.39, 0.29) is 17.7 Å². The summed E-state index contributed by atoms with van der Waals surface area (Å²) in [6.45, 7) is 0.270. The van der Waals surface area contributed by atoms with Gasteiger partial charge in [-0.05, 0) is 28.1 Å². The molecule has 0 aliphatic rings. The van der Waals surface area contributed by atoms with Gasteiger partial charge in [-0.15, -0.1) is 0 Å². The minimum atomic E-state index is -0.393. The van der Waals surface area contributed by atoms with Gasteiger partial charge in [-0.3, -0.25) is 4.79 Å². The van der Waals surface area contributed by atoms with Gasteiger partial charge in [-0.1, -0.05) is 17.7 Å². The number of nitrogens with two attached hydrogens (primary N) is 1. The third-order valence-electron chi connectivity index (χ3n) is 2.43. The fraction of sp³-hybridized carbons (Fsp3) is 0.0833. The predicted octanol–water partition coefficient (Wildman–Crippen LogP) is 3.03. The number of hydrogen-bond donors (Lipinski definition) is 1. The van der Waals surface area contributed by atoms with Gasteiger partial charge in [0.05, 0.1) is 16.7 Å². The molecule has 1 heterocycles. The van der Waals surface area contributed by atoms with Crippen molar-refractivity contribution in [3.05, 3.63) is 61.7 Å². The number of nitrogen functional groups attached to an aromatic ring is 1. The number of benzene rings is 1. The molecule has 2 aromatic rings. The van der Waals surface area contributed by atoms with Crippen LogP contribution in [0, 0.1) is 5.82 Å². The molecule has 18 heavy (non-hydrogen) atoms. The summed E-state index contributed by atoms with van der Waals surface area (Å²) in [5, 5.41) is 0.344. The van der Waals surface area contributed by atoms with Crippen molar-refractivity contribution in [3.63, 3.8) is 0 Å². The third kappa shape index (κ3) is 2.73. The van der Waals surface area contributed by atoms with Crippen molar-refractivity contribution in [1.82, 2.24) is 4.57 Å². The Balaban J connectivity index is 2.37. The van der Waals surface area contributed by atoms with Gasteiger partial charge in [0.2, 0.25) is 5.43 Å². The second kappa shape index (κ2) is 5.12. The first-order valence-electron chi connectivity index (χ1n) is 5.06. The first-order chi connectivity index (χ1) is 8.47. The van der Waals surface area contributed by atoms with Crippen molar-refractivity contribution in [2.24, 2.45) is 0 Å². The lowest BCUT2D eigenvalue weighted by Gasteiger charge is -2.09. The highest BCUT2D eigenvalue weighted by Gasteiger charge is 2.06. The minimum absolute atomic E-state index is 0.110. The molecule has 0 aliphatic heterocycles. The minimum Gasteiger partial charge on any atom is -0.394 e. The highest BCUT2D eigenvalue weighted by atomic mass is 79.9. The van der Waals surface area contributed by atoms with Crippen LogP contribution >= 0.6 is 27.5 Å². The Hall–Kier alpha value is -1.33. The Bertz CT molecular complexity index is 631. The number of anilines is 1. The van der Waals surface area contributed by atoms with Crippen LogP contribution in [-0.2, 0) is 6.54 Å². The molecule has 0 saturated heterocycles.